The van der Waals surface area contributed by atoms with Crippen LogP contribution in [-0.2, 0) is 26.2 Å². The average Bonchev–Trinajstić information content (AvgIpc) is 2.79. The van der Waals surface area contributed by atoms with E-state index in [-0.39, 0.29) is 37.7 Å². The zero-order valence-electron chi connectivity index (χ0n) is 20.0. The molecule has 0 fully saturated rings. The van der Waals surface area contributed by atoms with Gasteiger partial charge in [0.05, 0.1) is 18.6 Å². The van der Waals surface area contributed by atoms with Crippen molar-refractivity contribution in [2.75, 3.05) is 30.8 Å². The van der Waals surface area contributed by atoms with Gasteiger partial charge >= 0.3 is 0 Å². The summed E-state index contributed by atoms with van der Waals surface area (Å²) in [6.45, 7) is 4.27. The second kappa shape index (κ2) is 12.8. The van der Waals surface area contributed by atoms with Crippen LogP contribution in [0.25, 0.3) is 0 Å². The van der Waals surface area contributed by atoms with Crippen molar-refractivity contribution in [3.8, 4) is 5.75 Å². The molecule has 0 saturated carbocycles. The van der Waals surface area contributed by atoms with Gasteiger partial charge in [-0.3, -0.25) is 13.9 Å². The first-order valence-electron chi connectivity index (χ1n) is 11.0. The lowest BCUT2D eigenvalue weighted by Crippen LogP contribution is -2.46. The molecular formula is C24H32BrN3O5S. The highest BCUT2D eigenvalue weighted by molar-refractivity contribution is 9.10. The summed E-state index contributed by atoms with van der Waals surface area (Å²) in [6.07, 6.45) is 1.49. The highest BCUT2D eigenvalue weighted by atomic mass is 79.9. The number of sulfonamides is 1. The molecule has 0 aliphatic carbocycles. The Labute approximate surface area is 210 Å². The van der Waals surface area contributed by atoms with E-state index in [0.29, 0.717) is 18.0 Å². The molecule has 8 nitrogen and oxygen atoms in total. The minimum atomic E-state index is -3.60. The predicted octanol–water partition coefficient (Wildman–Crippen LogP) is 3.56. The Morgan fingerprint density at radius 1 is 1.15 bits per heavy atom. The maximum Gasteiger partial charge on any atom is 0.242 e. The number of hydrogen-bond acceptors (Lipinski definition) is 5. The van der Waals surface area contributed by atoms with Crippen molar-refractivity contribution >= 4 is 43.5 Å². The molecule has 34 heavy (non-hydrogen) atoms. The van der Waals surface area contributed by atoms with Crippen molar-refractivity contribution in [3.05, 3.63) is 58.6 Å². The number of benzene rings is 2. The second-order valence-corrected chi connectivity index (χ2v) is 10.6. The third kappa shape index (κ3) is 7.73. The monoisotopic (exact) mass is 553 g/mol. The van der Waals surface area contributed by atoms with Gasteiger partial charge in [0.1, 0.15) is 11.8 Å². The van der Waals surface area contributed by atoms with Crippen molar-refractivity contribution in [1.82, 2.24) is 10.2 Å². The maximum absolute atomic E-state index is 13.2. The van der Waals surface area contributed by atoms with E-state index in [4.69, 9.17) is 4.74 Å². The predicted molar refractivity (Wildman–Crippen MR) is 137 cm³/mol. The standard InChI is InChI=1S/C24H32BrN3O5S/c1-5-33-22-13-7-6-12-21(22)28(34(4,31)32)15-9-14-23(29)27(18(2)24(30)26-3)17-19-10-8-11-20(25)16-19/h6-8,10-13,16,18H,5,9,14-15,17H2,1-4H3,(H,26,30)/t18-/m1/s1. The van der Waals surface area contributed by atoms with Gasteiger partial charge in [-0.05, 0) is 50.1 Å². The first-order valence-corrected chi connectivity index (χ1v) is 13.7. The molecule has 0 aliphatic heterocycles. The number of carbonyl (C=O) groups excluding carboxylic acids is 2. The van der Waals surface area contributed by atoms with Crippen LogP contribution in [0.2, 0.25) is 0 Å². The van der Waals surface area contributed by atoms with E-state index in [9.17, 15) is 18.0 Å². The van der Waals surface area contributed by atoms with Crippen molar-refractivity contribution in [3.63, 3.8) is 0 Å². The number of para-hydroxylation sites is 2. The number of ether oxygens (including phenoxy) is 1. The quantitative estimate of drug-likeness (QED) is 0.433. The minimum absolute atomic E-state index is 0.0815. The molecule has 0 bridgehead atoms. The molecule has 1 N–H and O–H groups in total. The summed E-state index contributed by atoms with van der Waals surface area (Å²) in [7, 11) is -2.08. The fourth-order valence-electron chi connectivity index (χ4n) is 3.55. The van der Waals surface area contributed by atoms with Crippen molar-refractivity contribution in [1.29, 1.82) is 0 Å². The number of halogens is 1. The molecule has 1 atom stereocenters. The number of likely N-dealkylation sites (N-methyl/N-ethyl adjacent to an activating group) is 1. The molecule has 0 aliphatic rings. The summed E-state index contributed by atoms with van der Waals surface area (Å²) in [5, 5.41) is 2.59. The van der Waals surface area contributed by atoms with Crippen LogP contribution < -0.4 is 14.4 Å². The fourth-order valence-corrected chi connectivity index (χ4v) is 4.96. The number of nitrogens with one attached hydrogen (secondary N) is 1. The summed E-state index contributed by atoms with van der Waals surface area (Å²) < 4.78 is 32.8. The van der Waals surface area contributed by atoms with Crippen molar-refractivity contribution in [2.45, 2.75) is 39.3 Å². The van der Waals surface area contributed by atoms with Crippen LogP contribution in [0.15, 0.2) is 53.0 Å². The van der Waals surface area contributed by atoms with E-state index < -0.39 is 16.1 Å². The van der Waals surface area contributed by atoms with Gasteiger partial charge in [-0.25, -0.2) is 8.42 Å². The van der Waals surface area contributed by atoms with Crippen LogP contribution in [0.1, 0.15) is 32.3 Å². The molecule has 0 unspecified atom stereocenters. The number of rotatable bonds is 12. The Bertz CT molecular complexity index is 1090. The third-order valence-corrected chi connectivity index (χ3v) is 6.91. The molecule has 0 radical (unpaired) electrons. The summed E-state index contributed by atoms with van der Waals surface area (Å²) >= 11 is 3.43. The molecule has 2 rings (SSSR count). The van der Waals surface area contributed by atoms with Gasteiger partial charge < -0.3 is 15.0 Å². The summed E-state index contributed by atoms with van der Waals surface area (Å²) in [6, 6.07) is 13.8. The number of anilines is 1. The van der Waals surface area contributed by atoms with Gasteiger partial charge in [0.2, 0.25) is 21.8 Å². The molecule has 0 aromatic heterocycles. The number of amides is 2. The molecule has 0 saturated heterocycles. The molecule has 186 valence electrons. The van der Waals surface area contributed by atoms with Gasteiger partial charge in [-0.2, -0.15) is 0 Å². The smallest absolute Gasteiger partial charge is 0.242 e. The Balaban J connectivity index is 2.18. The zero-order chi connectivity index (χ0) is 25.3. The number of carbonyl (C=O) groups is 2. The highest BCUT2D eigenvalue weighted by Gasteiger charge is 2.26. The second-order valence-electron chi connectivity index (χ2n) is 7.78. The van der Waals surface area contributed by atoms with Gasteiger partial charge in [0.15, 0.2) is 0 Å². The summed E-state index contributed by atoms with van der Waals surface area (Å²) in [5.41, 5.74) is 1.31. The first-order chi connectivity index (χ1) is 16.1. The van der Waals surface area contributed by atoms with E-state index in [1.807, 2.05) is 31.2 Å². The molecule has 2 aromatic carbocycles. The number of nitrogens with zero attached hydrogens (tertiary/aromatic N) is 2. The average molecular weight is 555 g/mol. The van der Waals surface area contributed by atoms with Crippen LogP contribution in [-0.4, -0.2) is 57.6 Å². The van der Waals surface area contributed by atoms with Gasteiger partial charge in [0, 0.05) is 31.0 Å². The molecule has 0 heterocycles. The van der Waals surface area contributed by atoms with Crippen LogP contribution in [0.3, 0.4) is 0 Å². The van der Waals surface area contributed by atoms with E-state index in [0.717, 1.165) is 16.3 Å². The molecular weight excluding hydrogens is 522 g/mol. The summed E-state index contributed by atoms with van der Waals surface area (Å²) in [5.74, 6) is -0.0411. The molecule has 2 amide bonds. The Morgan fingerprint density at radius 2 is 1.85 bits per heavy atom. The lowest BCUT2D eigenvalue weighted by Gasteiger charge is -2.29. The first kappa shape index (κ1) is 27.7. The van der Waals surface area contributed by atoms with Crippen LogP contribution in [0, 0.1) is 0 Å². The largest absolute Gasteiger partial charge is 0.492 e. The maximum atomic E-state index is 13.2. The van der Waals surface area contributed by atoms with E-state index in [1.165, 1.54) is 16.3 Å². The fraction of sp³-hybridized carbons (Fsp3) is 0.417. The van der Waals surface area contributed by atoms with E-state index in [2.05, 4.69) is 21.2 Å². The highest BCUT2D eigenvalue weighted by Crippen LogP contribution is 2.30. The topological polar surface area (TPSA) is 96.0 Å². The lowest BCUT2D eigenvalue weighted by molar-refractivity contribution is -0.140. The zero-order valence-corrected chi connectivity index (χ0v) is 22.4. The normalized spacial score (nSPS) is 12.0. The lowest BCUT2D eigenvalue weighted by atomic mass is 10.1. The van der Waals surface area contributed by atoms with Gasteiger partial charge in [0.25, 0.3) is 0 Å². The third-order valence-electron chi connectivity index (χ3n) is 5.24. The Hall–Kier alpha value is -2.59. The van der Waals surface area contributed by atoms with E-state index >= 15 is 0 Å². The molecule has 10 heteroatoms. The Kier molecular flexibility index (Phi) is 10.4. The van der Waals surface area contributed by atoms with Crippen LogP contribution >= 0.6 is 15.9 Å². The Morgan fingerprint density at radius 3 is 2.47 bits per heavy atom. The van der Waals surface area contributed by atoms with Gasteiger partial charge in [-0.1, -0.05) is 40.2 Å². The van der Waals surface area contributed by atoms with E-state index in [1.54, 1.807) is 31.2 Å². The molecule has 0 spiro atoms. The number of hydrogen-bond donors (Lipinski definition) is 1. The van der Waals surface area contributed by atoms with Crippen LogP contribution in [0.5, 0.6) is 5.75 Å². The van der Waals surface area contributed by atoms with Crippen LogP contribution in [0.4, 0.5) is 5.69 Å². The minimum Gasteiger partial charge on any atom is -0.492 e. The molecule has 2 aromatic rings. The van der Waals surface area contributed by atoms with Gasteiger partial charge in [-0.15, -0.1) is 0 Å². The summed E-state index contributed by atoms with van der Waals surface area (Å²) in [4.78, 5) is 27.0. The van der Waals surface area contributed by atoms with Crippen molar-refractivity contribution < 1.29 is 22.7 Å². The SMILES string of the molecule is CCOc1ccccc1N(CCCC(=O)N(Cc1cccc(Br)c1)[C@H](C)C(=O)NC)S(C)(=O)=O. The van der Waals surface area contributed by atoms with Crippen molar-refractivity contribution in [2.24, 2.45) is 0 Å².